The second kappa shape index (κ2) is 9.67. The summed E-state index contributed by atoms with van der Waals surface area (Å²) in [5.41, 5.74) is 1.99. The van der Waals surface area contributed by atoms with Gasteiger partial charge in [0.1, 0.15) is 17.1 Å². The summed E-state index contributed by atoms with van der Waals surface area (Å²) in [5.74, 6) is 0.194. The number of carbonyl (C=O) groups is 1. The number of nitrogens with two attached hydrogens (primary N) is 1. The number of phenolic OH excluding ortho intramolecular Hbond substituents is 2. The third kappa shape index (κ3) is 5.04. The van der Waals surface area contributed by atoms with Crippen LogP contribution in [0.5, 0.6) is 11.5 Å². The molecule has 5 heteroatoms. The fourth-order valence-corrected chi connectivity index (χ4v) is 4.87. The Hall–Kier alpha value is -3.31. The number of carbonyl (C=O) groups excluding carboxylic acids is 1. The van der Waals surface area contributed by atoms with Crippen LogP contribution >= 0.6 is 0 Å². The molecule has 0 amide bonds. The minimum absolute atomic E-state index is 0.199. The summed E-state index contributed by atoms with van der Waals surface area (Å²) >= 11 is 0. The van der Waals surface area contributed by atoms with E-state index in [2.05, 4.69) is 24.4 Å². The molecule has 1 aliphatic rings. The van der Waals surface area contributed by atoms with Crippen LogP contribution < -0.4 is 5.32 Å². The lowest BCUT2D eigenvalue weighted by Gasteiger charge is -2.37. The Kier molecular flexibility index (Phi) is 6.70. The number of rotatable bonds is 7. The molecule has 0 aromatic heterocycles. The SMILES string of the molecule is CC(CCC(=O)OC1(c2ccccc2)CC[NH2+]CC1)(c1ccc(O)cc1)c1ccc(O)cc1. The lowest BCUT2D eigenvalue weighted by Crippen LogP contribution is -2.87. The topological polar surface area (TPSA) is 83.4 Å². The smallest absolute Gasteiger partial charge is 0.306 e. The van der Waals surface area contributed by atoms with E-state index in [0.717, 1.165) is 42.6 Å². The molecular formula is C28H32NO4+. The minimum Gasteiger partial charge on any atom is -0.508 e. The molecule has 4 rings (SSSR count). The number of esters is 1. The van der Waals surface area contributed by atoms with Crippen LogP contribution in [0, 0.1) is 0 Å². The van der Waals surface area contributed by atoms with E-state index in [1.54, 1.807) is 24.3 Å². The van der Waals surface area contributed by atoms with Crippen LogP contribution in [0.2, 0.25) is 0 Å². The van der Waals surface area contributed by atoms with Crippen LogP contribution in [-0.4, -0.2) is 29.3 Å². The predicted molar refractivity (Wildman–Crippen MR) is 127 cm³/mol. The van der Waals surface area contributed by atoms with E-state index in [4.69, 9.17) is 4.74 Å². The molecular weight excluding hydrogens is 414 g/mol. The first-order valence-corrected chi connectivity index (χ1v) is 11.6. The van der Waals surface area contributed by atoms with Crippen molar-refractivity contribution < 1.29 is 25.1 Å². The van der Waals surface area contributed by atoms with Crippen molar-refractivity contribution in [3.05, 3.63) is 95.6 Å². The van der Waals surface area contributed by atoms with Gasteiger partial charge in [0, 0.05) is 24.7 Å². The Morgan fingerprint density at radius 1 is 0.879 bits per heavy atom. The zero-order valence-corrected chi connectivity index (χ0v) is 19.0. The molecule has 0 atom stereocenters. The largest absolute Gasteiger partial charge is 0.508 e. The number of piperidine rings is 1. The second-order valence-electron chi connectivity index (χ2n) is 9.13. The molecule has 4 N–H and O–H groups in total. The van der Waals surface area contributed by atoms with Gasteiger partial charge >= 0.3 is 5.97 Å². The van der Waals surface area contributed by atoms with Crippen molar-refractivity contribution in [2.45, 2.75) is 43.6 Å². The van der Waals surface area contributed by atoms with Gasteiger partial charge in [0.2, 0.25) is 0 Å². The van der Waals surface area contributed by atoms with Gasteiger partial charge in [-0.3, -0.25) is 4.79 Å². The Bertz CT molecular complexity index is 1010. The molecule has 1 fully saturated rings. The molecule has 0 unspecified atom stereocenters. The van der Waals surface area contributed by atoms with Crippen LogP contribution in [0.25, 0.3) is 0 Å². The molecule has 3 aromatic carbocycles. The molecule has 0 spiro atoms. The standard InChI is InChI=1S/C28H31NO4/c1-27(21-7-11-24(30)12-8-21,22-9-13-25(31)14-10-22)16-15-26(32)33-28(17-19-29-20-18-28)23-5-3-2-4-6-23/h2-14,29-31H,15-20H2,1H3/p+1. The molecule has 0 aliphatic carbocycles. The van der Waals surface area contributed by atoms with E-state index in [1.807, 2.05) is 42.5 Å². The van der Waals surface area contributed by atoms with Gasteiger partial charge in [-0.15, -0.1) is 0 Å². The molecule has 0 bridgehead atoms. The average molecular weight is 447 g/mol. The number of aromatic hydroxyl groups is 2. The van der Waals surface area contributed by atoms with Gasteiger partial charge in [0.05, 0.1) is 13.1 Å². The van der Waals surface area contributed by atoms with Crippen molar-refractivity contribution in [3.8, 4) is 11.5 Å². The molecule has 0 radical (unpaired) electrons. The first-order chi connectivity index (χ1) is 15.9. The molecule has 172 valence electrons. The van der Waals surface area contributed by atoms with Crippen LogP contribution in [0.15, 0.2) is 78.9 Å². The third-order valence-electron chi connectivity index (χ3n) is 6.95. The fourth-order valence-electron chi connectivity index (χ4n) is 4.87. The molecule has 5 nitrogen and oxygen atoms in total. The van der Waals surface area contributed by atoms with Crippen molar-refractivity contribution in [2.75, 3.05) is 13.1 Å². The van der Waals surface area contributed by atoms with E-state index >= 15 is 0 Å². The lowest BCUT2D eigenvalue weighted by molar-refractivity contribution is -0.668. The zero-order chi connectivity index (χ0) is 23.3. The molecule has 33 heavy (non-hydrogen) atoms. The Labute approximate surface area is 195 Å². The summed E-state index contributed by atoms with van der Waals surface area (Å²) in [5, 5.41) is 21.8. The van der Waals surface area contributed by atoms with E-state index in [-0.39, 0.29) is 23.9 Å². The number of phenols is 2. The third-order valence-corrected chi connectivity index (χ3v) is 6.95. The predicted octanol–water partition coefficient (Wildman–Crippen LogP) is 3.98. The van der Waals surface area contributed by atoms with Crippen molar-refractivity contribution in [2.24, 2.45) is 0 Å². The van der Waals surface area contributed by atoms with Crippen molar-refractivity contribution >= 4 is 5.97 Å². The normalized spacial score (nSPS) is 15.7. The Morgan fingerprint density at radius 2 is 1.39 bits per heavy atom. The van der Waals surface area contributed by atoms with E-state index in [9.17, 15) is 15.0 Å². The minimum atomic E-state index is -0.569. The van der Waals surface area contributed by atoms with Crippen LogP contribution in [0.4, 0.5) is 0 Å². The van der Waals surface area contributed by atoms with E-state index < -0.39 is 11.0 Å². The summed E-state index contributed by atoms with van der Waals surface area (Å²) in [4.78, 5) is 13.2. The van der Waals surface area contributed by atoms with E-state index in [1.165, 1.54) is 0 Å². The van der Waals surface area contributed by atoms with Gasteiger partial charge in [-0.2, -0.15) is 0 Å². The highest BCUT2D eigenvalue weighted by Crippen LogP contribution is 2.39. The number of hydrogen-bond donors (Lipinski definition) is 3. The fraction of sp³-hybridized carbons (Fsp3) is 0.321. The number of hydrogen-bond acceptors (Lipinski definition) is 4. The Balaban J connectivity index is 1.56. The lowest BCUT2D eigenvalue weighted by atomic mass is 9.73. The average Bonchev–Trinajstić information content (AvgIpc) is 2.84. The summed E-state index contributed by atoms with van der Waals surface area (Å²) in [7, 11) is 0. The van der Waals surface area contributed by atoms with Crippen molar-refractivity contribution in [3.63, 3.8) is 0 Å². The van der Waals surface area contributed by atoms with Gasteiger partial charge in [-0.25, -0.2) is 0 Å². The maximum Gasteiger partial charge on any atom is 0.306 e. The van der Waals surface area contributed by atoms with Crippen LogP contribution in [-0.2, 0) is 20.5 Å². The quantitative estimate of drug-likeness (QED) is 0.480. The number of ether oxygens (including phenoxy) is 1. The van der Waals surface area contributed by atoms with Gasteiger partial charge < -0.3 is 20.3 Å². The van der Waals surface area contributed by atoms with Crippen LogP contribution in [0.3, 0.4) is 0 Å². The summed E-state index contributed by atoms with van der Waals surface area (Å²) in [6, 6.07) is 24.3. The first kappa shape index (κ1) is 22.9. The van der Waals surface area contributed by atoms with Crippen LogP contribution in [0.1, 0.15) is 49.3 Å². The maximum absolute atomic E-state index is 13.2. The van der Waals surface area contributed by atoms with Gasteiger partial charge in [-0.1, -0.05) is 61.5 Å². The van der Waals surface area contributed by atoms with Gasteiger partial charge in [-0.05, 0) is 47.4 Å². The zero-order valence-electron chi connectivity index (χ0n) is 19.0. The summed E-state index contributed by atoms with van der Waals surface area (Å²) in [6.45, 7) is 3.95. The monoisotopic (exact) mass is 446 g/mol. The number of quaternary nitrogens is 1. The highest BCUT2D eigenvalue weighted by atomic mass is 16.6. The molecule has 1 heterocycles. The summed E-state index contributed by atoms with van der Waals surface area (Å²) < 4.78 is 6.23. The maximum atomic E-state index is 13.2. The van der Waals surface area contributed by atoms with Crippen molar-refractivity contribution in [1.82, 2.24) is 0 Å². The Morgan fingerprint density at radius 3 is 1.91 bits per heavy atom. The van der Waals surface area contributed by atoms with Gasteiger partial charge in [0.15, 0.2) is 0 Å². The summed E-state index contributed by atoms with van der Waals surface area (Å²) in [6.07, 6.45) is 2.40. The first-order valence-electron chi connectivity index (χ1n) is 11.6. The van der Waals surface area contributed by atoms with Crippen molar-refractivity contribution in [1.29, 1.82) is 0 Å². The van der Waals surface area contributed by atoms with E-state index in [0.29, 0.717) is 6.42 Å². The molecule has 0 saturated carbocycles. The number of benzene rings is 3. The highest BCUT2D eigenvalue weighted by Gasteiger charge is 2.40. The highest BCUT2D eigenvalue weighted by molar-refractivity contribution is 5.70. The molecule has 3 aromatic rings. The molecule has 1 saturated heterocycles. The molecule has 1 aliphatic heterocycles. The second-order valence-corrected chi connectivity index (χ2v) is 9.13. The van der Waals surface area contributed by atoms with Gasteiger partial charge in [0.25, 0.3) is 0 Å².